The molecule has 1 saturated heterocycles. The van der Waals surface area contributed by atoms with Crippen molar-refractivity contribution in [1.82, 2.24) is 4.98 Å². The predicted octanol–water partition coefficient (Wildman–Crippen LogP) is 0.470. The fourth-order valence-corrected chi connectivity index (χ4v) is 1.70. The molecule has 0 aromatic carbocycles. The number of nitro groups is 1. The van der Waals surface area contributed by atoms with Crippen LogP contribution in [0.4, 0.5) is 11.5 Å². The second-order valence-electron chi connectivity index (χ2n) is 3.91. The number of rotatable bonds is 3. The van der Waals surface area contributed by atoms with Gasteiger partial charge in [-0.25, -0.2) is 4.98 Å². The van der Waals surface area contributed by atoms with Crippen LogP contribution in [-0.2, 0) is 4.74 Å². The predicted molar refractivity (Wildman–Crippen MR) is 59.9 cm³/mol. The van der Waals surface area contributed by atoms with Gasteiger partial charge in [-0.15, -0.1) is 0 Å². The Morgan fingerprint density at radius 2 is 2.35 bits per heavy atom. The minimum absolute atomic E-state index is 0.0150. The van der Waals surface area contributed by atoms with E-state index in [-0.39, 0.29) is 11.7 Å². The molecule has 0 saturated carbocycles. The number of aryl methyl sites for hydroxylation is 1. The maximum atomic E-state index is 10.6. The van der Waals surface area contributed by atoms with Crippen LogP contribution in [0.1, 0.15) is 5.69 Å². The molecule has 0 radical (unpaired) electrons. The van der Waals surface area contributed by atoms with Gasteiger partial charge < -0.3 is 15.2 Å². The van der Waals surface area contributed by atoms with E-state index in [0.29, 0.717) is 24.7 Å². The van der Waals surface area contributed by atoms with Crippen molar-refractivity contribution in [2.24, 2.45) is 0 Å². The Hall–Kier alpha value is -1.73. The molecular formula is C10H13N3O4. The third kappa shape index (κ3) is 2.51. The maximum Gasteiger partial charge on any atom is 0.290 e. The van der Waals surface area contributed by atoms with Gasteiger partial charge in [0, 0.05) is 6.07 Å². The molecule has 2 heterocycles. The average molecular weight is 239 g/mol. The normalized spacial score (nSPS) is 23.6. The van der Waals surface area contributed by atoms with Crippen LogP contribution >= 0.6 is 0 Å². The zero-order valence-electron chi connectivity index (χ0n) is 9.29. The van der Waals surface area contributed by atoms with Crippen molar-refractivity contribution in [2.75, 3.05) is 18.5 Å². The average Bonchev–Trinajstić information content (AvgIpc) is 2.64. The molecule has 0 aliphatic carbocycles. The quantitative estimate of drug-likeness (QED) is 0.587. The Labute approximate surface area is 97.6 Å². The smallest absolute Gasteiger partial charge is 0.290 e. The van der Waals surface area contributed by atoms with Crippen molar-refractivity contribution < 1.29 is 14.8 Å². The summed E-state index contributed by atoms with van der Waals surface area (Å²) in [5.74, 6) is 0.502. The molecular weight excluding hydrogens is 226 g/mol. The first kappa shape index (κ1) is 11.7. The highest BCUT2D eigenvalue weighted by Crippen LogP contribution is 2.19. The molecule has 0 spiro atoms. The fraction of sp³-hybridized carbons (Fsp3) is 0.500. The minimum atomic E-state index is -0.577. The molecule has 2 unspecified atom stereocenters. The zero-order chi connectivity index (χ0) is 12.4. The molecule has 1 aliphatic rings. The number of nitrogens with zero attached hydrogens (tertiary/aromatic N) is 2. The van der Waals surface area contributed by atoms with Crippen LogP contribution in [0.3, 0.4) is 0 Å². The molecule has 0 bridgehead atoms. The molecule has 1 aliphatic heterocycles. The number of pyridine rings is 1. The summed E-state index contributed by atoms with van der Waals surface area (Å²) in [6.07, 6.45) is -0.577. The van der Waals surface area contributed by atoms with Gasteiger partial charge in [0.2, 0.25) is 0 Å². The summed E-state index contributed by atoms with van der Waals surface area (Å²) in [6, 6.07) is 2.70. The van der Waals surface area contributed by atoms with Crippen molar-refractivity contribution in [1.29, 1.82) is 0 Å². The number of anilines is 1. The lowest BCUT2D eigenvalue weighted by molar-refractivity contribution is -0.385. The van der Waals surface area contributed by atoms with Gasteiger partial charge in [0.1, 0.15) is 11.5 Å². The number of aliphatic hydroxyl groups is 1. The van der Waals surface area contributed by atoms with E-state index < -0.39 is 11.0 Å². The molecule has 1 fully saturated rings. The second-order valence-corrected chi connectivity index (χ2v) is 3.91. The standard InChI is InChI=1S/C10H13N3O4/c1-6-8(13(15)16)2-3-10(11-6)12-7-4-17-5-9(7)14/h2-3,7,9,14H,4-5H2,1H3,(H,11,12). The number of hydrogen-bond acceptors (Lipinski definition) is 6. The highest BCUT2D eigenvalue weighted by molar-refractivity contribution is 5.45. The molecule has 1 aromatic heterocycles. The van der Waals surface area contributed by atoms with E-state index in [4.69, 9.17) is 4.74 Å². The molecule has 17 heavy (non-hydrogen) atoms. The van der Waals surface area contributed by atoms with Crippen LogP contribution in [0.2, 0.25) is 0 Å². The number of ether oxygens (including phenoxy) is 1. The number of nitrogens with one attached hydrogen (secondary N) is 1. The van der Waals surface area contributed by atoms with E-state index in [1.165, 1.54) is 12.1 Å². The van der Waals surface area contributed by atoms with Crippen molar-refractivity contribution in [3.8, 4) is 0 Å². The van der Waals surface area contributed by atoms with E-state index in [1.807, 2.05) is 0 Å². The number of hydrogen-bond donors (Lipinski definition) is 2. The summed E-state index contributed by atoms with van der Waals surface area (Å²) in [6.45, 7) is 2.27. The Bertz CT molecular complexity index is 438. The van der Waals surface area contributed by atoms with Gasteiger partial charge in [-0.05, 0) is 13.0 Å². The lowest BCUT2D eigenvalue weighted by Gasteiger charge is -2.15. The van der Waals surface area contributed by atoms with Crippen molar-refractivity contribution >= 4 is 11.5 Å². The van der Waals surface area contributed by atoms with Crippen LogP contribution in [0.15, 0.2) is 12.1 Å². The van der Waals surface area contributed by atoms with Gasteiger partial charge in [0.15, 0.2) is 0 Å². The molecule has 7 heteroatoms. The van der Waals surface area contributed by atoms with E-state index in [0.717, 1.165) is 0 Å². The van der Waals surface area contributed by atoms with E-state index in [9.17, 15) is 15.2 Å². The van der Waals surface area contributed by atoms with Crippen LogP contribution in [0.5, 0.6) is 0 Å². The van der Waals surface area contributed by atoms with Crippen molar-refractivity contribution in [2.45, 2.75) is 19.1 Å². The molecule has 2 atom stereocenters. The Morgan fingerprint density at radius 1 is 1.59 bits per heavy atom. The molecule has 0 amide bonds. The second kappa shape index (κ2) is 4.64. The summed E-state index contributed by atoms with van der Waals surface area (Å²) in [5.41, 5.74) is 0.326. The summed E-state index contributed by atoms with van der Waals surface area (Å²) >= 11 is 0. The van der Waals surface area contributed by atoms with Gasteiger partial charge in [-0.3, -0.25) is 10.1 Å². The minimum Gasteiger partial charge on any atom is -0.388 e. The van der Waals surface area contributed by atoms with Crippen LogP contribution in [0, 0.1) is 17.0 Å². The zero-order valence-corrected chi connectivity index (χ0v) is 9.29. The fourth-order valence-electron chi connectivity index (χ4n) is 1.70. The summed E-state index contributed by atoms with van der Waals surface area (Å²) in [5, 5.41) is 23.1. The first-order chi connectivity index (χ1) is 8.08. The third-order valence-electron chi connectivity index (χ3n) is 2.64. The van der Waals surface area contributed by atoms with Gasteiger partial charge in [-0.2, -0.15) is 0 Å². The Morgan fingerprint density at radius 3 is 2.88 bits per heavy atom. The van der Waals surface area contributed by atoms with E-state index in [1.54, 1.807) is 6.92 Å². The third-order valence-corrected chi connectivity index (χ3v) is 2.64. The molecule has 7 nitrogen and oxygen atoms in total. The first-order valence-corrected chi connectivity index (χ1v) is 5.22. The van der Waals surface area contributed by atoms with Gasteiger partial charge >= 0.3 is 0 Å². The molecule has 2 rings (SSSR count). The Balaban J connectivity index is 2.12. The van der Waals surface area contributed by atoms with Crippen LogP contribution < -0.4 is 5.32 Å². The van der Waals surface area contributed by atoms with Crippen LogP contribution in [-0.4, -0.2) is 40.4 Å². The number of aliphatic hydroxyl groups excluding tert-OH is 1. The topological polar surface area (TPSA) is 97.5 Å². The van der Waals surface area contributed by atoms with Gasteiger partial charge in [-0.1, -0.05) is 0 Å². The van der Waals surface area contributed by atoms with Crippen molar-refractivity contribution in [3.63, 3.8) is 0 Å². The van der Waals surface area contributed by atoms with Crippen LogP contribution in [0.25, 0.3) is 0 Å². The van der Waals surface area contributed by atoms with Crippen molar-refractivity contribution in [3.05, 3.63) is 27.9 Å². The maximum absolute atomic E-state index is 10.6. The molecule has 92 valence electrons. The highest BCUT2D eigenvalue weighted by atomic mass is 16.6. The van der Waals surface area contributed by atoms with E-state index in [2.05, 4.69) is 10.3 Å². The largest absolute Gasteiger partial charge is 0.388 e. The monoisotopic (exact) mass is 239 g/mol. The number of aromatic nitrogens is 1. The first-order valence-electron chi connectivity index (χ1n) is 5.22. The summed E-state index contributed by atoms with van der Waals surface area (Å²) in [7, 11) is 0. The highest BCUT2D eigenvalue weighted by Gasteiger charge is 2.26. The lowest BCUT2D eigenvalue weighted by atomic mass is 10.2. The molecule has 1 aromatic rings. The Kier molecular flexibility index (Phi) is 3.21. The van der Waals surface area contributed by atoms with Gasteiger partial charge in [0.05, 0.1) is 30.3 Å². The molecule has 2 N–H and O–H groups in total. The van der Waals surface area contributed by atoms with Gasteiger partial charge in [0.25, 0.3) is 5.69 Å². The van der Waals surface area contributed by atoms with E-state index >= 15 is 0 Å². The summed E-state index contributed by atoms with van der Waals surface area (Å²) < 4.78 is 5.09. The lowest BCUT2D eigenvalue weighted by Crippen LogP contribution is -2.32. The summed E-state index contributed by atoms with van der Waals surface area (Å²) in [4.78, 5) is 14.2. The SMILES string of the molecule is Cc1nc(NC2COCC2O)ccc1[N+](=O)[O-].